The molecule has 4 nitrogen and oxygen atoms in total. The Hall–Kier alpha value is -1.84. The first kappa shape index (κ1) is 21.2. The second-order valence-electron chi connectivity index (χ2n) is 6.37. The fourth-order valence-corrected chi connectivity index (χ4v) is 2.54. The van der Waals surface area contributed by atoms with Crippen molar-refractivity contribution < 1.29 is 19.1 Å². The first-order chi connectivity index (χ1) is 12.2. The van der Waals surface area contributed by atoms with Crippen LogP contribution in [-0.4, -0.2) is 11.9 Å². The molecule has 0 aliphatic rings. The molecule has 0 bridgehead atoms. The number of rotatable bonds is 13. The largest absolute Gasteiger partial charge is 0.423 e. The molecule has 1 aromatic carbocycles. The first-order valence-electron chi connectivity index (χ1n) is 9.67. The van der Waals surface area contributed by atoms with Gasteiger partial charge < -0.3 is 9.47 Å². The van der Waals surface area contributed by atoms with E-state index in [2.05, 4.69) is 13.8 Å². The third kappa shape index (κ3) is 9.90. The van der Waals surface area contributed by atoms with E-state index in [1.54, 1.807) is 24.3 Å². The molecule has 0 radical (unpaired) electrons. The van der Waals surface area contributed by atoms with Crippen molar-refractivity contribution in [3.63, 3.8) is 0 Å². The second kappa shape index (κ2) is 13.5. The molecular weight excluding hydrogens is 316 g/mol. The Labute approximate surface area is 151 Å². The van der Waals surface area contributed by atoms with E-state index in [4.69, 9.17) is 9.47 Å². The minimum atomic E-state index is -0.279. The molecule has 4 heteroatoms. The van der Waals surface area contributed by atoms with E-state index >= 15 is 0 Å². The first-order valence-corrected chi connectivity index (χ1v) is 9.67. The molecule has 0 aliphatic carbocycles. The standard InChI is InChI=1S/C21H32O4/c1-3-5-7-9-11-17-21(23)25-19-15-13-12-14-18(19)24-20(22)16-10-8-6-4-2/h12-15H,3-11,16-17H2,1-2H3. The van der Waals surface area contributed by atoms with Gasteiger partial charge in [0, 0.05) is 12.8 Å². The van der Waals surface area contributed by atoms with Gasteiger partial charge in [-0.05, 0) is 25.0 Å². The summed E-state index contributed by atoms with van der Waals surface area (Å²) in [6, 6.07) is 6.85. The van der Waals surface area contributed by atoms with Crippen molar-refractivity contribution in [1.29, 1.82) is 0 Å². The van der Waals surface area contributed by atoms with Gasteiger partial charge >= 0.3 is 11.9 Å². The SMILES string of the molecule is CCCCCCCC(=O)Oc1ccccc1OC(=O)CCCCCC. The van der Waals surface area contributed by atoms with E-state index < -0.39 is 0 Å². The van der Waals surface area contributed by atoms with Crippen molar-refractivity contribution in [2.24, 2.45) is 0 Å². The Morgan fingerprint density at radius 3 is 1.52 bits per heavy atom. The van der Waals surface area contributed by atoms with E-state index in [0.29, 0.717) is 24.3 Å². The number of esters is 2. The van der Waals surface area contributed by atoms with Gasteiger partial charge in [-0.15, -0.1) is 0 Å². The molecule has 25 heavy (non-hydrogen) atoms. The normalized spacial score (nSPS) is 10.5. The molecule has 0 saturated heterocycles. The lowest BCUT2D eigenvalue weighted by Crippen LogP contribution is -2.12. The van der Waals surface area contributed by atoms with Crippen LogP contribution in [-0.2, 0) is 9.59 Å². The molecule has 0 spiro atoms. The topological polar surface area (TPSA) is 52.6 Å². The molecule has 0 atom stereocenters. The lowest BCUT2D eigenvalue weighted by molar-refractivity contribution is -0.137. The summed E-state index contributed by atoms with van der Waals surface area (Å²) >= 11 is 0. The molecule has 1 aromatic rings. The fraction of sp³-hybridized carbons (Fsp3) is 0.619. The lowest BCUT2D eigenvalue weighted by Gasteiger charge is -2.10. The van der Waals surface area contributed by atoms with E-state index in [1.165, 1.54) is 12.8 Å². The van der Waals surface area contributed by atoms with Gasteiger partial charge in [-0.3, -0.25) is 9.59 Å². The molecule has 0 N–H and O–H groups in total. The Kier molecular flexibility index (Phi) is 11.4. The van der Waals surface area contributed by atoms with Crippen molar-refractivity contribution in [3.8, 4) is 11.5 Å². The molecule has 0 aromatic heterocycles. The monoisotopic (exact) mass is 348 g/mol. The Bertz CT molecular complexity index is 510. The quantitative estimate of drug-likeness (QED) is 0.256. The maximum Gasteiger partial charge on any atom is 0.311 e. The number of unbranched alkanes of at least 4 members (excludes halogenated alkanes) is 7. The van der Waals surface area contributed by atoms with Crippen molar-refractivity contribution in [2.75, 3.05) is 0 Å². The Balaban J connectivity index is 2.42. The minimum Gasteiger partial charge on any atom is -0.423 e. The number of para-hydroxylation sites is 2. The van der Waals surface area contributed by atoms with Gasteiger partial charge in [0.15, 0.2) is 11.5 Å². The van der Waals surface area contributed by atoms with Gasteiger partial charge in [0.2, 0.25) is 0 Å². The Morgan fingerprint density at radius 1 is 0.680 bits per heavy atom. The number of carbonyl (C=O) groups is 2. The summed E-state index contributed by atoms with van der Waals surface area (Å²) in [7, 11) is 0. The highest BCUT2D eigenvalue weighted by Gasteiger charge is 2.13. The van der Waals surface area contributed by atoms with Crippen LogP contribution in [0, 0.1) is 0 Å². The van der Waals surface area contributed by atoms with Gasteiger partial charge in [-0.25, -0.2) is 0 Å². The molecule has 0 amide bonds. The molecule has 0 fully saturated rings. The molecule has 1 rings (SSSR count). The number of carbonyl (C=O) groups excluding carboxylic acids is 2. The maximum absolute atomic E-state index is 12.0. The van der Waals surface area contributed by atoms with Crippen LogP contribution in [0.15, 0.2) is 24.3 Å². The average Bonchev–Trinajstić information content (AvgIpc) is 2.60. The smallest absolute Gasteiger partial charge is 0.311 e. The van der Waals surface area contributed by atoms with Gasteiger partial charge in [-0.1, -0.05) is 70.9 Å². The minimum absolute atomic E-state index is 0.275. The molecular formula is C21H32O4. The predicted molar refractivity (Wildman–Crippen MR) is 99.8 cm³/mol. The van der Waals surface area contributed by atoms with Gasteiger partial charge in [0.05, 0.1) is 0 Å². The number of benzene rings is 1. The van der Waals surface area contributed by atoms with E-state index in [-0.39, 0.29) is 11.9 Å². The van der Waals surface area contributed by atoms with E-state index in [9.17, 15) is 9.59 Å². The van der Waals surface area contributed by atoms with Crippen LogP contribution < -0.4 is 9.47 Å². The van der Waals surface area contributed by atoms with Crippen LogP contribution in [0.1, 0.15) is 84.5 Å². The molecule has 0 unspecified atom stereocenters. The molecule has 0 heterocycles. The summed E-state index contributed by atoms with van der Waals surface area (Å²) in [5, 5.41) is 0. The van der Waals surface area contributed by atoms with Crippen molar-refractivity contribution in [1.82, 2.24) is 0 Å². The highest BCUT2D eigenvalue weighted by Crippen LogP contribution is 2.27. The van der Waals surface area contributed by atoms with Crippen molar-refractivity contribution in [3.05, 3.63) is 24.3 Å². The number of ether oxygens (including phenoxy) is 2. The van der Waals surface area contributed by atoms with Crippen LogP contribution in [0.2, 0.25) is 0 Å². The predicted octanol–water partition coefficient (Wildman–Crippen LogP) is 5.83. The summed E-state index contributed by atoms with van der Waals surface area (Å²) in [5.41, 5.74) is 0. The zero-order valence-electron chi connectivity index (χ0n) is 15.7. The highest BCUT2D eigenvalue weighted by atomic mass is 16.6. The third-order valence-corrected chi connectivity index (χ3v) is 4.02. The maximum atomic E-state index is 12.0. The van der Waals surface area contributed by atoms with Crippen LogP contribution in [0.5, 0.6) is 11.5 Å². The van der Waals surface area contributed by atoms with Gasteiger partial charge in [0.25, 0.3) is 0 Å². The van der Waals surface area contributed by atoms with Crippen LogP contribution in [0.4, 0.5) is 0 Å². The summed E-state index contributed by atoms with van der Waals surface area (Å²) in [4.78, 5) is 23.9. The Morgan fingerprint density at radius 2 is 1.08 bits per heavy atom. The number of hydrogen-bond donors (Lipinski definition) is 0. The summed E-state index contributed by atoms with van der Waals surface area (Å²) < 4.78 is 10.7. The van der Waals surface area contributed by atoms with Crippen LogP contribution in [0.25, 0.3) is 0 Å². The average molecular weight is 348 g/mol. The van der Waals surface area contributed by atoms with Crippen molar-refractivity contribution in [2.45, 2.75) is 84.5 Å². The van der Waals surface area contributed by atoms with Crippen LogP contribution >= 0.6 is 0 Å². The zero-order chi connectivity index (χ0) is 18.3. The third-order valence-electron chi connectivity index (χ3n) is 4.02. The molecule has 0 aliphatic heterocycles. The zero-order valence-corrected chi connectivity index (χ0v) is 15.7. The van der Waals surface area contributed by atoms with E-state index in [1.807, 2.05) is 0 Å². The second-order valence-corrected chi connectivity index (χ2v) is 6.37. The lowest BCUT2D eigenvalue weighted by atomic mass is 10.1. The van der Waals surface area contributed by atoms with Crippen LogP contribution in [0.3, 0.4) is 0 Å². The summed E-state index contributed by atoms with van der Waals surface area (Å²) in [6.07, 6.45) is 10.3. The van der Waals surface area contributed by atoms with Gasteiger partial charge in [0.1, 0.15) is 0 Å². The molecule has 140 valence electrons. The van der Waals surface area contributed by atoms with Gasteiger partial charge in [-0.2, -0.15) is 0 Å². The fourth-order valence-electron chi connectivity index (χ4n) is 2.54. The highest BCUT2D eigenvalue weighted by molar-refractivity contribution is 5.76. The summed E-state index contributed by atoms with van der Waals surface area (Å²) in [6.45, 7) is 4.29. The number of hydrogen-bond acceptors (Lipinski definition) is 4. The molecule has 0 saturated carbocycles. The van der Waals surface area contributed by atoms with E-state index in [0.717, 1.165) is 44.9 Å². The summed E-state index contributed by atoms with van der Waals surface area (Å²) in [5.74, 6) is 0.0902. The van der Waals surface area contributed by atoms with Crippen molar-refractivity contribution >= 4 is 11.9 Å².